The van der Waals surface area contributed by atoms with Crippen LogP contribution in [0.25, 0.3) is 0 Å². The molecule has 2 rings (SSSR count). The second-order valence-corrected chi connectivity index (χ2v) is 4.13. The number of nitrogens with zero attached hydrogens (tertiary/aromatic N) is 1. The molecule has 0 aromatic heterocycles. The van der Waals surface area contributed by atoms with Gasteiger partial charge in [-0.05, 0) is 18.6 Å². The number of ether oxygens (including phenoxy) is 1. The van der Waals surface area contributed by atoms with Crippen molar-refractivity contribution < 1.29 is 9.84 Å². The van der Waals surface area contributed by atoms with E-state index in [1.54, 1.807) is 0 Å². The van der Waals surface area contributed by atoms with Crippen molar-refractivity contribution in [3.63, 3.8) is 0 Å². The molecule has 0 aliphatic carbocycles. The van der Waals surface area contributed by atoms with Gasteiger partial charge >= 0.3 is 0 Å². The van der Waals surface area contributed by atoms with E-state index in [4.69, 9.17) is 15.6 Å². The van der Waals surface area contributed by atoms with Crippen LogP contribution in [0.2, 0.25) is 0 Å². The van der Waals surface area contributed by atoms with Gasteiger partial charge < -0.3 is 20.5 Å². The molecule has 0 spiro atoms. The van der Waals surface area contributed by atoms with Crippen LogP contribution in [0.3, 0.4) is 0 Å². The van der Waals surface area contributed by atoms with Crippen molar-refractivity contribution in [2.75, 3.05) is 36.9 Å². The number of rotatable bonds is 2. The highest BCUT2D eigenvalue weighted by Gasteiger charge is 2.22. The summed E-state index contributed by atoms with van der Waals surface area (Å²) in [6.07, 6.45) is -0.104. The molecule has 0 saturated carbocycles. The fraction of sp³-hybridized carbons (Fsp3) is 0.500. The third-order valence-electron chi connectivity index (χ3n) is 2.93. The lowest BCUT2D eigenvalue weighted by molar-refractivity contribution is 0.00358. The number of nitrogens with two attached hydrogens (primary N) is 1. The Hall–Kier alpha value is -1.26. The van der Waals surface area contributed by atoms with Crippen LogP contribution >= 0.6 is 0 Å². The minimum absolute atomic E-state index is 0.0578. The Balaban J connectivity index is 2.23. The van der Waals surface area contributed by atoms with E-state index in [1.807, 2.05) is 12.1 Å². The van der Waals surface area contributed by atoms with Gasteiger partial charge in [0.15, 0.2) is 0 Å². The predicted molar refractivity (Wildman–Crippen MR) is 64.6 cm³/mol. The van der Waals surface area contributed by atoms with Crippen LogP contribution in [-0.4, -0.2) is 37.5 Å². The lowest BCUT2D eigenvalue weighted by Gasteiger charge is -2.35. The summed E-state index contributed by atoms with van der Waals surface area (Å²) in [5.74, 6) is 0. The molecule has 1 unspecified atom stereocenters. The van der Waals surface area contributed by atoms with E-state index in [-0.39, 0.29) is 12.7 Å². The van der Waals surface area contributed by atoms with Gasteiger partial charge in [0, 0.05) is 13.1 Å². The van der Waals surface area contributed by atoms with Crippen molar-refractivity contribution in [3.8, 4) is 0 Å². The second-order valence-electron chi connectivity index (χ2n) is 4.13. The summed E-state index contributed by atoms with van der Waals surface area (Å²) in [6, 6.07) is 5.92. The topological polar surface area (TPSA) is 58.7 Å². The molecular formula is C12H18N2O2. The van der Waals surface area contributed by atoms with Gasteiger partial charge in [0.1, 0.15) is 0 Å². The van der Waals surface area contributed by atoms with E-state index in [0.717, 1.165) is 17.9 Å². The minimum Gasteiger partial charge on any atom is -0.397 e. The Labute approximate surface area is 95.6 Å². The molecule has 1 aliphatic rings. The Kier molecular flexibility index (Phi) is 3.31. The molecule has 1 fully saturated rings. The maximum absolute atomic E-state index is 9.11. The number of aliphatic hydroxyl groups excluding tert-OH is 1. The molecule has 16 heavy (non-hydrogen) atoms. The van der Waals surface area contributed by atoms with Gasteiger partial charge in [-0.2, -0.15) is 0 Å². The highest BCUT2D eigenvalue weighted by atomic mass is 16.5. The first-order valence-corrected chi connectivity index (χ1v) is 5.55. The largest absolute Gasteiger partial charge is 0.397 e. The zero-order valence-electron chi connectivity index (χ0n) is 9.52. The first-order valence-electron chi connectivity index (χ1n) is 5.55. The quantitative estimate of drug-likeness (QED) is 0.726. The zero-order valence-corrected chi connectivity index (χ0v) is 9.52. The van der Waals surface area contributed by atoms with Crippen LogP contribution in [0.4, 0.5) is 11.4 Å². The molecule has 88 valence electrons. The van der Waals surface area contributed by atoms with Gasteiger partial charge in [-0.3, -0.25) is 0 Å². The summed E-state index contributed by atoms with van der Waals surface area (Å²) in [5, 5.41) is 9.11. The third kappa shape index (κ3) is 2.13. The van der Waals surface area contributed by atoms with Crippen molar-refractivity contribution in [1.82, 2.24) is 0 Å². The van der Waals surface area contributed by atoms with E-state index in [9.17, 15) is 0 Å². The number of morpholine rings is 1. The maximum Gasteiger partial charge on any atom is 0.0980 e. The molecule has 1 aliphatic heterocycles. The monoisotopic (exact) mass is 222 g/mol. The molecule has 3 N–H and O–H groups in total. The van der Waals surface area contributed by atoms with Crippen LogP contribution in [-0.2, 0) is 4.74 Å². The van der Waals surface area contributed by atoms with Crippen molar-refractivity contribution in [1.29, 1.82) is 0 Å². The number of aryl methyl sites for hydroxylation is 1. The minimum atomic E-state index is -0.104. The van der Waals surface area contributed by atoms with Crippen molar-refractivity contribution in [3.05, 3.63) is 23.8 Å². The van der Waals surface area contributed by atoms with E-state index in [2.05, 4.69) is 17.9 Å². The predicted octanol–water partition coefficient (Wildman–Crippen LogP) is 0.775. The molecule has 0 radical (unpaired) electrons. The zero-order chi connectivity index (χ0) is 11.5. The van der Waals surface area contributed by atoms with E-state index in [1.165, 1.54) is 5.56 Å². The summed E-state index contributed by atoms with van der Waals surface area (Å²) in [4.78, 5) is 2.19. The summed E-state index contributed by atoms with van der Waals surface area (Å²) in [7, 11) is 0. The summed E-state index contributed by atoms with van der Waals surface area (Å²) < 4.78 is 5.43. The van der Waals surface area contributed by atoms with Crippen molar-refractivity contribution in [2.24, 2.45) is 0 Å². The van der Waals surface area contributed by atoms with Crippen LogP contribution in [0.15, 0.2) is 18.2 Å². The molecule has 0 bridgehead atoms. The first-order chi connectivity index (χ1) is 7.72. The SMILES string of the molecule is Cc1cccc(N)c1N1CCOC(CO)C1. The first kappa shape index (κ1) is 11.2. The third-order valence-corrected chi connectivity index (χ3v) is 2.93. The Bertz CT molecular complexity index is 348. The highest BCUT2D eigenvalue weighted by Crippen LogP contribution is 2.28. The number of nitrogen functional groups attached to an aromatic ring is 1. The molecule has 0 amide bonds. The molecule has 1 saturated heterocycles. The van der Waals surface area contributed by atoms with Crippen LogP contribution in [0.5, 0.6) is 0 Å². The smallest absolute Gasteiger partial charge is 0.0980 e. The van der Waals surface area contributed by atoms with Crippen LogP contribution in [0, 0.1) is 6.92 Å². The number of para-hydroxylation sites is 1. The van der Waals surface area contributed by atoms with Gasteiger partial charge in [-0.1, -0.05) is 12.1 Å². The van der Waals surface area contributed by atoms with E-state index >= 15 is 0 Å². The average Bonchev–Trinajstić information content (AvgIpc) is 2.29. The normalized spacial score (nSPS) is 21.1. The molecular weight excluding hydrogens is 204 g/mol. The Morgan fingerprint density at radius 2 is 2.38 bits per heavy atom. The molecule has 4 heteroatoms. The molecule has 4 nitrogen and oxygen atoms in total. The van der Waals surface area contributed by atoms with Crippen LogP contribution in [0.1, 0.15) is 5.56 Å². The lowest BCUT2D eigenvalue weighted by atomic mass is 10.1. The number of benzene rings is 1. The summed E-state index contributed by atoms with van der Waals surface area (Å²) in [6.45, 7) is 4.27. The second kappa shape index (κ2) is 4.72. The van der Waals surface area contributed by atoms with Gasteiger partial charge in [-0.25, -0.2) is 0 Å². The number of anilines is 2. The standard InChI is InChI=1S/C12H18N2O2/c1-9-3-2-4-11(13)12(9)14-5-6-16-10(7-14)8-15/h2-4,10,15H,5-8,13H2,1H3. The van der Waals surface area contributed by atoms with Gasteiger partial charge in [0.25, 0.3) is 0 Å². The molecule has 1 aromatic rings. The number of aliphatic hydroxyl groups is 1. The fourth-order valence-corrected chi connectivity index (χ4v) is 2.15. The van der Waals surface area contributed by atoms with Gasteiger partial charge in [-0.15, -0.1) is 0 Å². The average molecular weight is 222 g/mol. The van der Waals surface area contributed by atoms with E-state index in [0.29, 0.717) is 13.2 Å². The maximum atomic E-state index is 9.11. The molecule has 1 aromatic carbocycles. The van der Waals surface area contributed by atoms with Gasteiger partial charge in [0.2, 0.25) is 0 Å². The van der Waals surface area contributed by atoms with Crippen LogP contribution < -0.4 is 10.6 Å². The Morgan fingerprint density at radius 1 is 1.56 bits per heavy atom. The number of hydrogen-bond acceptors (Lipinski definition) is 4. The van der Waals surface area contributed by atoms with Crippen molar-refractivity contribution >= 4 is 11.4 Å². The Morgan fingerprint density at radius 3 is 3.06 bits per heavy atom. The van der Waals surface area contributed by atoms with E-state index < -0.39 is 0 Å². The van der Waals surface area contributed by atoms with Crippen molar-refractivity contribution in [2.45, 2.75) is 13.0 Å². The summed E-state index contributed by atoms with van der Waals surface area (Å²) in [5.41, 5.74) is 9.02. The summed E-state index contributed by atoms with van der Waals surface area (Å²) >= 11 is 0. The number of hydrogen-bond donors (Lipinski definition) is 2. The molecule has 1 atom stereocenters. The fourth-order valence-electron chi connectivity index (χ4n) is 2.15. The van der Waals surface area contributed by atoms with Gasteiger partial charge in [0.05, 0.1) is 30.7 Å². The molecule has 1 heterocycles. The highest BCUT2D eigenvalue weighted by molar-refractivity contribution is 5.71. The lowest BCUT2D eigenvalue weighted by Crippen LogP contribution is -2.44.